The maximum atomic E-state index is 8.73. The van der Waals surface area contributed by atoms with Gasteiger partial charge in [-0.05, 0) is 38.9 Å². The molecule has 0 aromatic rings. The third-order valence-corrected chi connectivity index (χ3v) is 6.66. The zero-order valence-corrected chi connectivity index (χ0v) is 11.8. The van der Waals surface area contributed by atoms with Gasteiger partial charge >= 0.3 is 0 Å². The Balaban J connectivity index is 4.92. The standard InChI is InChI=1S/C10H21N3O3Si/c1-8(11-14)5-17(4,6-9(2)12-15)7-10(3)13-16/h14-16H,5-7H2,1-4H3. The highest BCUT2D eigenvalue weighted by Gasteiger charge is 2.30. The number of hydrogen-bond acceptors (Lipinski definition) is 6. The molecule has 0 aromatic heterocycles. The first-order chi connectivity index (χ1) is 7.86. The van der Waals surface area contributed by atoms with E-state index in [0.29, 0.717) is 35.3 Å². The molecule has 0 heterocycles. The van der Waals surface area contributed by atoms with Crippen molar-refractivity contribution in [2.75, 3.05) is 0 Å². The predicted octanol–water partition coefficient (Wildman–Crippen LogP) is 2.62. The van der Waals surface area contributed by atoms with E-state index in [4.69, 9.17) is 15.6 Å². The van der Waals surface area contributed by atoms with Crippen LogP contribution in [-0.2, 0) is 0 Å². The quantitative estimate of drug-likeness (QED) is 0.296. The zero-order valence-electron chi connectivity index (χ0n) is 10.8. The van der Waals surface area contributed by atoms with Crippen molar-refractivity contribution in [3.8, 4) is 0 Å². The highest BCUT2D eigenvalue weighted by atomic mass is 28.3. The minimum atomic E-state index is -1.87. The summed E-state index contributed by atoms with van der Waals surface area (Å²) in [5, 5.41) is 35.8. The van der Waals surface area contributed by atoms with Gasteiger partial charge in [0.05, 0.1) is 25.2 Å². The second-order valence-corrected chi connectivity index (χ2v) is 9.53. The van der Waals surface area contributed by atoms with Gasteiger partial charge in [-0.2, -0.15) is 0 Å². The number of rotatable bonds is 6. The molecular weight excluding hydrogens is 238 g/mol. The van der Waals surface area contributed by atoms with Crippen LogP contribution >= 0.6 is 0 Å². The van der Waals surface area contributed by atoms with Crippen molar-refractivity contribution >= 4 is 25.2 Å². The van der Waals surface area contributed by atoms with Crippen LogP contribution in [0.15, 0.2) is 15.5 Å². The van der Waals surface area contributed by atoms with Gasteiger partial charge in [-0.25, -0.2) is 0 Å². The fourth-order valence-electron chi connectivity index (χ4n) is 2.15. The topological polar surface area (TPSA) is 97.8 Å². The van der Waals surface area contributed by atoms with E-state index in [1.54, 1.807) is 20.8 Å². The molecule has 0 bridgehead atoms. The van der Waals surface area contributed by atoms with E-state index in [9.17, 15) is 0 Å². The average molecular weight is 259 g/mol. The van der Waals surface area contributed by atoms with Crippen molar-refractivity contribution in [3.63, 3.8) is 0 Å². The molecule has 0 saturated carbocycles. The molecule has 6 nitrogen and oxygen atoms in total. The van der Waals surface area contributed by atoms with Gasteiger partial charge in [0.15, 0.2) is 0 Å². The molecule has 3 N–H and O–H groups in total. The Morgan fingerprint density at radius 1 is 0.765 bits per heavy atom. The molecule has 0 aliphatic heterocycles. The molecule has 0 fully saturated rings. The van der Waals surface area contributed by atoms with Crippen molar-refractivity contribution in [1.29, 1.82) is 0 Å². The van der Waals surface area contributed by atoms with E-state index in [1.807, 2.05) is 0 Å². The van der Waals surface area contributed by atoms with Crippen molar-refractivity contribution in [3.05, 3.63) is 0 Å². The van der Waals surface area contributed by atoms with Crippen LogP contribution in [0.1, 0.15) is 20.8 Å². The molecule has 0 spiro atoms. The van der Waals surface area contributed by atoms with E-state index >= 15 is 0 Å². The second-order valence-electron chi connectivity index (χ2n) is 4.85. The predicted molar refractivity (Wildman–Crippen MR) is 70.7 cm³/mol. The lowest BCUT2D eigenvalue weighted by atomic mass is 10.5. The first-order valence-electron chi connectivity index (χ1n) is 5.39. The molecule has 0 atom stereocenters. The maximum absolute atomic E-state index is 8.73. The Kier molecular flexibility index (Phi) is 6.48. The molecule has 17 heavy (non-hydrogen) atoms. The molecule has 0 aliphatic rings. The normalized spacial score (nSPS) is 18.0. The van der Waals surface area contributed by atoms with Gasteiger partial charge in [0.25, 0.3) is 0 Å². The van der Waals surface area contributed by atoms with E-state index in [2.05, 4.69) is 22.0 Å². The highest BCUT2D eigenvalue weighted by molar-refractivity contribution is 6.86. The molecule has 0 saturated heterocycles. The van der Waals surface area contributed by atoms with Crippen LogP contribution < -0.4 is 0 Å². The van der Waals surface area contributed by atoms with E-state index < -0.39 is 8.07 Å². The summed E-state index contributed by atoms with van der Waals surface area (Å²) in [6.45, 7) is 7.36. The van der Waals surface area contributed by atoms with Gasteiger partial charge in [-0.15, -0.1) is 0 Å². The monoisotopic (exact) mass is 259 g/mol. The fourth-order valence-corrected chi connectivity index (χ4v) is 6.44. The van der Waals surface area contributed by atoms with Gasteiger partial charge in [0.1, 0.15) is 0 Å². The van der Waals surface area contributed by atoms with Crippen molar-refractivity contribution in [2.45, 2.75) is 45.5 Å². The maximum Gasteiger partial charge on any atom is 0.0680 e. The lowest BCUT2D eigenvalue weighted by molar-refractivity contribution is 0.318. The van der Waals surface area contributed by atoms with Crippen LogP contribution in [0.5, 0.6) is 0 Å². The third-order valence-electron chi connectivity index (χ3n) is 2.56. The summed E-state index contributed by atoms with van der Waals surface area (Å²) in [4.78, 5) is 0. The van der Waals surface area contributed by atoms with Crippen molar-refractivity contribution in [2.24, 2.45) is 15.5 Å². The van der Waals surface area contributed by atoms with E-state index in [-0.39, 0.29) is 0 Å². The Morgan fingerprint density at radius 3 is 1.18 bits per heavy atom. The number of hydrogen-bond donors (Lipinski definition) is 3. The van der Waals surface area contributed by atoms with Crippen LogP contribution in [0.25, 0.3) is 0 Å². The summed E-state index contributed by atoms with van der Waals surface area (Å²) >= 11 is 0. The van der Waals surface area contributed by atoms with Gasteiger partial charge in [-0.3, -0.25) is 0 Å². The molecule has 0 amide bonds. The first-order valence-corrected chi connectivity index (χ1v) is 8.51. The van der Waals surface area contributed by atoms with Gasteiger partial charge in [0.2, 0.25) is 0 Å². The molecule has 7 heteroatoms. The molecule has 0 aromatic carbocycles. The SMILES string of the molecule is CC(C[Si](C)(CC(C)=NO)CC(C)=NO)=NO. The summed E-state index contributed by atoms with van der Waals surface area (Å²) in [6.07, 6.45) is 0. The summed E-state index contributed by atoms with van der Waals surface area (Å²) in [5.74, 6) is 0. The number of oxime groups is 3. The lowest BCUT2D eigenvalue weighted by Crippen LogP contribution is -2.36. The largest absolute Gasteiger partial charge is 0.411 e. The summed E-state index contributed by atoms with van der Waals surface area (Å²) in [5.41, 5.74) is 1.95. The molecule has 0 radical (unpaired) electrons. The van der Waals surface area contributed by atoms with Gasteiger partial charge in [0, 0.05) is 0 Å². The molecule has 0 unspecified atom stereocenters. The van der Waals surface area contributed by atoms with E-state index in [0.717, 1.165) is 0 Å². The highest BCUT2D eigenvalue weighted by Crippen LogP contribution is 2.23. The molecule has 0 aliphatic carbocycles. The zero-order chi connectivity index (χ0) is 13.5. The summed E-state index contributed by atoms with van der Waals surface area (Å²) < 4.78 is 0. The molecule has 98 valence electrons. The smallest absolute Gasteiger partial charge is 0.0680 e. The molecular formula is C10H21N3O3Si. The fraction of sp³-hybridized carbons (Fsp3) is 0.700. The average Bonchev–Trinajstić information content (AvgIpc) is 2.27. The molecule has 0 rings (SSSR count). The van der Waals surface area contributed by atoms with E-state index in [1.165, 1.54) is 0 Å². The Labute approximate surface area is 102 Å². The summed E-state index contributed by atoms with van der Waals surface area (Å²) in [6, 6.07) is 2.01. The van der Waals surface area contributed by atoms with Crippen LogP contribution in [0.4, 0.5) is 0 Å². The Hall–Kier alpha value is -1.37. The number of nitrogens with zero attached hydrogens (tertiary/aromatic N) is 3. The minimum Gasteiger partial charge on any atom is -0.411 e. The van der Waals surface area contributed by atoms with Crippen molar-refractivity contribution < 1.29 is 15.6 Å². The Bertz CT molecular complexity index is 289. The van der Waals surface area contributed by atoms with Crippen molar-refractivity contribution in [1.82, 2.24) is 0 Å². The van der Waals surface area contributed by atoms with Gasteiger partial charge in [-0.1, -0.05) is 22.0 Å². The minimum absolute atomic E-state index is 0.649. The Morgan fingerprint density at radius 2 is 1.00 bits per heavy atom. The first kappa shape index (κ1) is 15.6. The van der Waals surface area contributed by atoms with Crippen LogP contribution in [0, 0.1) is 0 Å². The van der Waals surface area contributed by atoms with Crippen LogP contribution in [-0.4, -0.2) is 40.8 Å². The summed E-state index contributed by atoms with van der Waals surface area (Å²) in [7, 11) is -1.87. The second kappa shape index (κ2) is 7.05. The van der Waals surface area contributed by atoms with Crippen LogP contribution in [0.2, 0.25) is 24.7 Å². The lowest BCUT2D eigenvalue weighted by Gasteiger charge is -2.26. The third kappa shape index (κ3) is 6.05. The van der Waals surface area contributed by atoms with Crippen LogP contribution in [0.3, 0.4) is 0 Å². The van der Waals surface area contributed by atoms with Gasteiger partial charge < -0.3 is 15.6 Å².